The summed E-state index contributed by atoms with van der Waals surface area (Å²) in [5.74, 6) is -0.892. The SMILES string of the molecule is CC(=O)Nc1cc(NC(=O)Oc2ccccc2)cc2c1NC(=O)C2(O)CC#N. The lowest BCUT2D eigenvalue weighted by Gasteiger charge is -2.18. The summed E-state index contributed by atoms with van der Waals surface area (Å²) in [6.45, 7) is 1.27. The fraction of sp³-hybridized carbons (Fsp3) is 0.158. The van der Waals surface area contributed by atoms with Crippen LogP contribution in [-0.2, 0) is 15.2 Å². The number of amides is 3. The monoisotopic (exact) mass is 380 g/mol. The molecule has 1 aliphatic heterocycles. The smallest absolute Gasteiger partial charge is 0.410 e. The van der Waals surface area contributed by atoms with E-state index in [-0.39, 0.29) is 22.6 Å². The highest BCUT2D eigenvalue weighted by Crippen LogP contribution is 2.44. The average molecular weight is 380 g/mol. The van der Waals surface area contributed by atoms with Crippen molar-refractivity contribution in [2.45, 2.75) is 18.9 Å². The van der Waals surface area contributed by atoms with Crippen molar-refractivity contribution in [2.24, 2.45) is 0 Å². The number of hydrogen-bond donors (Lipinski definition) is 4. The molecule has 2 aromatic carbocycles. The zero-order chi connectivity index (χ0) is 20.3. The molecule has 3 amide bonds. The molecule has 0 aliphatic carbocycles. The Morgan fingerprint density at radius 2 is 1.96 bits per heavy atom. The maximum Gasteiger partial charge on any atom is 0.417 e. The van der Waals surface area contributed by atoms with Gasteiger partial charge >= 0.3 is 6.09 Å². The third-order valence-corrected chi connectivity index (χ3v) is 4.04. The molecule has 1 heterocycles. The van der Waals surface area contributed by atoms with E-state index >= 15 is 0 Å². The number of rotatable bonds is 4. The molecule has 9 heteroatoms. The summed E-state index contributed by atoms with van der Waals surface area (Å²) < 4.78 is 5.14. The van der Waals surface area contributed by atoms with Gasteiger partial charge < -0.3 is 20.5 Å². The van der Waals surface area contributed by atoms with Crippen LogP contribution in [0.5, 0.6) is 5.75 Å². The van der Waals surface area contributed by atoms with Crippen molar-refractivity contribution in [1.29, 1.82) is 5.26 Å². The molecule has 0 saturated carbocycles. The number of para-hydroxylation sites is 1. The molecule has 0 saturated heterocycles. The lowest BCUT2D eigenvalue weighted by atomic mass is 9.91. The van der Waals surface area contributed by atoms with Gasteiger partial charge in [0, 0.05) is 18.2 Å². The Balaban J connectivity index is 1.95. The van der Waals surface area contributed by atoms with Gasteiger partial charge in [-0.25, -0.2) is 4.79 Å². The van der Waals surface area contributed by atoms with Crippen molar-refractivity contribution in [3.8, 4) is 11.8 Å². The topological polar surface area (TPSA) is 141 Å². The summed E-state index contributed by atoms with van der Waals surface area (Å²) in [5.41, 5.74) is -1.53. The molecule has 0 fully saturated rings. The highest BCUT2D eigenvalue weighted by atomic mass is 16.6. The lowest BCUT2D eigenvalue weighted by Crippen LogP contribution is -2.33. The van der Waals surface area contributed by atoms with E-state index in [1.807, 2.05) is 0 Å². The summed E-state index contributed by atoms with van der Waals surface area (Å²) in [4.78, 5) is 35.9. The molecule has 0 aromatic heterocycles. The highest BCUT2D eigenvalue weighted by Gasteiger charge is 2.46. The predicted octanol–water partition coefficient (Wildman–Crippen LogP) is 2.31. The van der Waals surface area contributed by atoms with Crippen LogP contribution in [0, 0.1) is 11.3 Å². The van der Waals surface area contributed by atoms with Crippen LogP contribution in [0.25, 0.3) is 0 Å². The molecular formula is C19H16N4O5. The van der Waals surface area contributed by atoms with Crippen molar-refractivity contribution in [2.75, 3.05) is 16.0 Å². The van der Waals surface area contributed by atoms with Crippen molar-refractivity contribution in [3.05, 3.63) is 48.0 Å². The van der Waals surface area contributed by atoms with E-state index in [2.05, 4.69) is 16.0 Å². The van der Waals surface area contributed by atoms with E-state index in [1.165, 1.54) is 19.1 Å². The van der Waals surface area contributed by atoms with Crippen LogP contribution in [0.2, 0.25) is 0 Å². The molecule has 1 atom stereocenters. The fourth-order valence-electron chi connectivity index (χ4n) is 2.83. The number of carbonyl (C=O) groups excluding carboxylic acids is 3. The van der Waals surface area contributed by atoms with Gasteiger partial charge in [0.25, 0.3) is 5.91 Å². The van der Waals surface area contributed by atoms with Gasteiger partial charge in [0.05, 0.1) is 23.9 Å². The van der Waals surface area contributed by atoms with Crippen molar-refractivity contribution < 1.29 is 24.2 Å². The van der Waals surface area contributed by atoms with E-state index in [0.29, 0.717) is 5.75 Å². The van der Waals surface area contributed by atoms with Gasteiger partial charge in [0.1, 0.15) is 5.75 Å². The van der Waals surface area contributed by atoms with Gasteiger partial charge in [-0.3, -0.25) is 14.9 Å². The zero-order valence-corrected chi connectivity index (χ0v) is 14.8. The minimum Gasteiger partial charge on any atom is -0.410 e. The third kappa shape index (κ3) is 3.62. The van der Waals surface area contributed by atoms with Crippen LogP contribution in [0.1, 0.15) is 18.9 Å². The number of benzene rings is 2. The minimum absolute atomic E-state index is 0.0697. The van der Waals surface area contributed by atoms with Crippen LogP contribution >= 0.6 is 0 Å². The summed E-state index contributed by atoms with van der Waals surface area (Å²) in [5, 5.41) is 27.1. The number of carbonyl (C=O) groups is 3. The molecule has 1 aliphatic rings. The van der Waals surface area contributed by atoms with Crippen LogP contribution in [0.4, 0.5) is 21.9 Å². The second kappa shape index (κ2) is 7.38. The minimum atomic E-state index is -2.10. The molecule has 3 rings (SSSR count). The second-order valence-corrected chi connectivity index (χ2v) is 6.10. The van der Waals surface area contributed by atoms with Gasteiger partial charge in [0.2, 0.25) is 5.91 Å². The Bertz CT molecular complexity index is 999. The summed E-state index contributed by atoms with van der Waals surface area (Å²) in [6, 6.07) is 12.9. The van der Waals surface area contributed by atoms with E-state index in [4.69, 9.17) is 10.00 Å². The molecule has 2 aromatic rings. The Labute approximate surface area is 159 Å². The Morgan fingerprint density at radius 3 is 2.61 bits per heavy atom. The van der Waals surface area contributed by atoms with Gasteiger partial charge in [-0.1, -0.05) is 18.2 Å². The van der Waals surface area contributed by atoms with Gasteiger partial charge in [-0.2, -0.15) is 5.26 Å². The largest absolute Gasteiger partial charge is 0.417 e. The molecule has 0 bridgehead atoms. The first kappa shape index (κ1) is 18.9. The molecule has 0 radical (unpaired) electrons. The molecule has 142 valence electrons. The fourth-order valence-corrected chi connectivity index (χ4v) is 2.83. The molecular weight excluding hydrogens is 364 g/mol. The zero-order valence-electron chi connectivity index (χ0n) is 14.8. The van der Waals surface area contributed by atoms with Crippen LogP contribution in [-0.4, -0.2) is 23.0 Å². The van der Waals surface area contributed by atoms with E-state index in [1.54, 1.807) is 36.4 Å². The van der Waals surface area contributed by atoms with Crippen LogP contribution in [0.15, 0.2) is 42.5 Å². The number of nitrogens with one attached hydrogen (secondary N) is 3. The van der Waals surface area contributed by atoms with E-state index < -0.39 is 29.9 Å². The van der Waals surface area contributed by atoms with E-state index in [0.717, 1.165) is 0 Å². The van der Waals surface area contributed by atoms with Gasteiger partial charge in [-0.05, 0) is 24.3 Å². The van der Waals surface area contributed by atoms with Crippen molar-refractivity contribution in [1.82, 2.24) is 0 Å². The summed E-state index contributed by atoms with van der Waals surface area (Å²) in [6.07, 6.45) is -1.30. The quantitative estimate of drug-likeness (QED) is 0.641. The van der Waals surface area contributed by atoms with Gasteiger partial charge in [-0.15, -0.1) is 0 Å². The first-order chi connectivity index (χ1) is 13.3. The summed E-state index contributed by atoms with van der Waals surface area (Å²) in [7, 11) is 0. The summed E-state index contributed by atoms with van der Waals surface area (Å²) >= 11 is 0. The Kier molecular flexibility index (Phi) is 4.98. The van der Waals surface area contributed by atoms with E-state index in [9.17, 15) is 19.5 Å². The predicted molar refractivity (Wildman–Crippen MR) is 99.6 cm³/mol. The normalized spacial score (nSPS) is 17.1. The van der Waals surface area contributed by atoms with Crippen molar-refractivity contribution >= 4 is 35.0 Å². The number of nitrogens with zero attached hydrogens (tertiary/aromatic N) is 1. The lowest BCUT2D eigenvalue weighted by molar-refractivity contribution is -0.133. The Morgan fingerprint density at radius 1 is 1.25 bits per heavy atom. The molecule has 4 N–H and O–H groups in total. The molecule has 9 nitrogen and oxygen atoms in total. The number of ether oxygens (including phenoxy) is 1. The average Bonchev–Trinajstić information content (AvgIpc) is 2.87. The maximum absolute atomic E-state index is 12.2. The number of aliphatic hydroxyl groups is 1. The first-order valence-electron chi connectivity index (χ1n) is 8.24. The highest BCUT2D eigenvalue weighted by molar-refractivity contribution is 6.11. The number of hydrogen-bond acceptors (Lipinski definition) is 6. The first-order valence-corrected chi connectivity index (χ1v) is 8.24. The maximum atomic E-state index is 12.2. The van der Waals surface area contributed by atoms with Crippen LogP contribution in [0.3, 0.4) is 0 Å². The number of fused-ring (bicyclic) bond motifs is 1. The standard InChI is InChI=1S/C19H16N4O5/c1-11(24)21-15-10-12(22-18(26)28-13-5-3-2-4-6-13)9-14-16(15)23-17(25)19(14,27)7-8-20/h2-6,9-10,27H,7H2,1H3,(H,21,24)(H,22,26)(H,23,25). The molecule has 1 unspecified atom stereocenters. The number of nitriles is 1. The van der Waals surface area contributed by atoms with Gasteiger partial charge in [0.15, 0.2) is 5.60 Å². The molecule has 28 heavy (non-hydrogen) atoms. The third-order valence-electron chi connectivity index (χ3n) is 4.04. The van der Waals surface area contributed by atoms with Crippen LogP contribution < -0.4 is 20.7 Å². The Hall–Kier alpha value is -3.90. The second-order valence-electron chi connectivity index (χ2n) is 6.10. The number of anilines is 3. The molecule has 0 spiro atoms. The van der Waals surface area contributed by atoms with Crippen molar-refractivity contribution in [3.63, 3.8) is 0 Å².